The molecule has 7 nitrogen and oxygen atoms in total. The molecule has 10 heteroatoms. The van der Waals surface area contributed by atoms with Crippen molar-refractivity contribution < 1.29 is 19.1 Å². The number of carbonyl (C=O) groups excluding carboxylic acids is 2. The molecule has 43 heavy (non-hydrogen) atoms. The van der Waals surface area contributed by atoms with Crippen LogP contribution in [0.4, 0.5) is 5.69 Å². The first-order chi connectivity index (χ1) is 20.9. The number of amides is 2. The van der Waals surface area contributed by atoms with Crippen LogP contribution in [0.2, 0.25) is 5.02 Å². The van der Waals surface area contributed by atoms with Crippen LogP contribution in [-0.2, 0) is 16.2 Å². The van der Waals surface area contributed by atoms with Crippen molar-refractivity contribution in [3.8, 4) is 11.5 Å². The van der Waals surface area contributed by atoms with Crippen LogP contribution in [0.25, 0.3) is 0 Å². The number of aromatic nitrogens is 1. The smallest absolute Gasteiger partial charge is 0.305 e. The fourth-order valence-electron chi connectivity index (χ4n) is 7.97. The van der Waals surface area contributed by atoms with Gasteiger partial charge in [0.1, 0.15) is 6.61 Å². The van der Waals surface area contributed by atoms with E-state index in [-0.39, 0.29) is 57.4 Å². The van der Waals surface area contributed by atoms with E-state index in [1.165, 1.54) is 16.2 Å². The first kappa shape index (κ1) is 27.0. The number of hydrogen-bond donors (Lipinski definition) is 1. The molecular weight excluding hydrogens is 604 g/mol. The third-order valence-corrected chi connectivity index (χ3v) is 12.4. The van der Waals surface area contributed by atoms with Crippen molar-refractivity contribution in [1.82, 2.24) is 4.98 Å². The number of thiazole rings is 1. The summed E-state index contributed by atoms with van der Waals surface area (Å²) in [5.74, 6) is 0.363. The summed E-state index contributed by atoms with van der Waals surface area (Å²) < 4.78 is 11.9. The Balaban J connectivity index is 1.16. The average molecular weight is 631 g/mol. The molecule has 4 aromatic rings. The maximum atomic E-state index is 13.9. The summed E-state index contributed by atoms with van der Waals surface area (Å²) in [4.78, 5) is 45.7. The molecule has 218 valence electrons. The fraction of sp³-hybridized carbons (Fsp3) is 0.303. The van der Waals surface area contributed by atoms with E-state index in [4.69, 9.17) is 21.1 Å². The number of imide groups is 1. The molecule has 3 heterocycles. The minimum atomic E-state index is -0.370. The van der Waals surface area contributed by atoms with Crippen LogP contribution in [0.1, 0.15) is 28.3 Å². The number of ether oxygens (including phenoxy) is 2. The number of benzene rings is 3. The predicted octanol–water partition coefficient (Wildman–Crippen LogP) is 6.36. The summed E-state index contributed by atoms with van der Waals surface area (Å²) in [5.41, 5.74) is 2.65. The maximum Gasteiger partial charge on any atom is 0.305 e. The molecule has 1 aromatic heterocycles. The number of nitrogens with zero attached hydrogens (tertiary/aromatic N) is 1. The zero-order chi connectivity index (χ0) is 29.4. The Bertz CT molecular complexity index is 1810. The molecule has 0 unspecified atom stereocenters. The van der Waals surface area contributed by atoms with Gasteiger partial charge in [-0.25, -0.2) is 0 Å². The van der Waals surface area contributed by atoms with E-state index < -0.39 is 0 Å². The highest BCUT2D eigenvalue weighted by molar-refractivity contribution is 8.00. The molecule has 1 saturated heterocycles. The Labute approximate surface area is 261 Å². The van der Waals surface area contributed by atoms with E-state index in [0.717, 1.165) is 27.5 Å². The number of H-pyrrole nitrogens is 1. The second kappa shape index (κ2) is 10.3. The highest BCUT2D eigenvalue weighted by Crippen LogP contribution is 2.68. The average Bonchev–Trinajstić information content (AvgIpc) is 3.76. The molecule has 2 saturated carbocycles. The topological polar surface area (TPSA) is 88.7 Å². The van der Waals surface area contributed by atoms with Crippen LogP contribution in [-0.4, -0.2) is 29.2 Å². The van der Waals surface area contributed by atoms with Crippen molar-refractivity contribution in [1.29, 1.82) is 0 Å². The summed E-state index contributed by atoms with van der Waals surface area (Å²) in [5, 5.41) is 1.54. The largest absolute Gasteiger partial charge is 0.493 e. The SMILES string of the molecule is COc1cc([C@@H]2c3sc(=O)[nH]c3S[C@@H]3[C@@H]4C[C@@H]([C@@H]5C(=O)N(c6ccc(Cl)cc6)C(=O)[C@@H]45)[C@@H]23)ccc1OCc1ccccc1. The summed E-state index contributed by atoms with van der Waals surface area (Å²) in [6.07, 6.45) is 0.828. The quantitative estimate of drug-likeness (QED) is 0.250. The minimum absolute atomic E-state index is 0.0246. The lowest BCUT2D eigenvalue weighted by atomic mass is 9.68. The van der Waals surface area contributed by atoms with Crippen molar-refractivity contribution in [3.05, 3.63) is 103 Å². The maximum absolute atomic E-state index is 13.9. The fourth-order valence-corrected chi connectivity index (χ4v) is 11.0. The lowest BCUT2D eigenvalue weighted by Gasteiger charge is -2.43. The molecule has 2 aliphatic heterocycles. The number of rotatable bonds is 6. The van der Waals surface area contributed by atoms with Crippen LogP contribution < -0.4 is 19.2 Å². The minimum Gasteiger partial charge on any atom is -0.493 e. The van der Waals surface area contributed by atoms with Gasteiger partial charge in [-0.2, -0.15) is 0 Å². The van der Waals surface area contributed by atoms with Gasteiger partial charge in [0, 0.05) is 21.1 Å². The molecule has 0 radical (unpaired) electrons. The molecule has 1 N–H and O–H groups in total. The van der Waals surface area contributed by atoms with Crippen LogP contribution in [0.5, 0.6) is 11.5 Å². The molecule has 3 fully saturated rings. The Morgan fingerprint density at radius 1 is 0.930 bits per heavy atom. The van der Waals surface area contributed by atoms with Gasteiger partial charge in [0.25, 0.3) is 0 Å². The lowest BCUT2D eigenvalue weighted by molar-refractivity contribution is -0.123. The van der Waals surface area contributed by atoms with Gasteiger partial charge in [-0.3, -0.25) is 19.3 Å². The van der Waals surface area contributed by atoms with Crippen molar-refractivity contribution in [2.75, 3.05) is 12.0 Å². The van der Waals surface area contributed by atoms with E-state index in [1.807, 2.05) is 42.5 Å². The van der Waals surface area contributed by atoms with E-state index in [9.17, 15) is 14.4 Å². The molecule has 2 bridgehead atoms. The number of anilines is 1. The van der Waals surface area contributed by atoms with E-state index in [2.05, 4.69) is 11.1 Å². The number of nitrogens with one attached hydrogen (secondary N) is 1. The summed E-state index contributed by atoms with van der Waals surface area (Å²) in [7, 11) is 1.63. The van der Waals surface area contributed by atoms with Gasteiger partial charge in [-0.05, 0) is 71.7 Å². The molecular formula is C33H27ClN2O5S2. The Kier molecular flexibility index (Phi) is 6.47. The number of thioether (sulfide) groups is 1. The monoisotopic (exact) mass is 630 g/mol. The first-order valence-corrected chi connectivity index (χ1v) is 16.4. The summed E-state index contributed by atoms with van der Waals surface area (Å²) in [6.45, 7) is 0.415. The number of aromatic amines is 1. The normalized spacial score (nSPS) is 28.5. The van der Waals surface area contributed by atoms with Gasteiger partial charge in [0.15, 0.2) is 11.5 Å². The van der Waals surface area contributed by atoms with Gasteiger partial charge in [0.2, 0.25) is 11.8 Å². The number of carbonyl (C=O) groups is 2. The predicted molar refractivity (Wildman–Crippen MR) is 166 cm³/mol. The van der Waals surface area contributed by atoms with E-state index in [1.54, 1.807) is 43.1 Å². The van der Waals surface area contributed by atoms with Crippen molar-refractivity contribution in [3.63, 3.8) is 0 Å². The Morgan fingerprint density at radius 3 is 2.42 bits per heavy atom. The molecule has 3 aromatic carbocycles. The van der Waals surface area contributed by atoms with Gasteiger partial charge in [-0.1, -0.05) is 59.3 Å². The van der Waals surface area contributed by atoms with Gasteiger partial charge in [0.05, 0.1) is 29.7 Å². The third-order valence-electron chi connectivity index (χ3n) is 9.59. The van der Waals surface area contributed by atoms with Crippen LogP contribution in [0.15, 0.2) is 82.6 Å². The number of methoxy groups -OCH3 is 1. The van der Waals surface area contributed by atoms with Crippen LogP contribution in [0, 0.1) is 29.6 Å². The summed E-state index contributed by atoms with van der Waals surface area (Å²) in [6, 6.07) is 22.9. The molecule has 7 atom stereocenters. The van der Waals surface area contributed by atoms with E-state index in [0.29, 0.717) is 28.8 Å². The number of halogens is 1. The molecule has 0 spiro atoms. The lowest BCUT2D eigenvalue weighted by Crippen LogP contribution is -2.42. The third kappa shape index (κ3) is 4.19. The zero-order valence-electron chi connectivity index (χ0n) is 23.1. The van der Waals surface area contributed by atoms with Gasteiger partial charge >= 0.3 is 4.87 Å². The number of fused-ring (bicyclic) bond motifs is 9. The van der Waals surface area contributed by atoms with E-state index >= 15 is 0 Å². The van der Waals surface area contributed by atoms with Gasteiger partial charge in [-0.15, -0.1) is 11.8 Å². The van der Waals surface area contributed by atoms with Crippen molar-refractivity contribution in [2.45, 2.75) is 29.2 Å². The van der Waals surface area contributed by atoms with Crippen molar-refractivity contribution in [2.24, 2.45) is 29.6 Å². The molecule has 8 rings (SSSR count). The second-order valence-electron chi connectivity index (χ2n) is 11.6. The molecule has 4 aliphatic rings. The van der Waals surface area contributed by atoms with Crippen LogP contribution in [0.3, 0.4) is 0 Å². The highest BCUT2D eigenvalue weighted by atomic mass is 35.5. The first-order valence-electron chi connectivity index (χ1n) is 14.3. The zero-order valence-corrected chi connectivity index (χ0v) is 25.5. The summed E-state index contributed by atoms with van der Waals surface area (Å²) >= 11 is 9.01. The molecule has 2 aliphatic carbocycles. The van der Waals surface area contributed by atoms with Crippen molar-refractivity contribution >= 4 is 52.2 Å². The standard InChI is InChI=1S/C33H27ClN2O5S2/c1-40-23-13-17(7-12-22(23)41-15-16-5-3-2-4-6-16)24-25-20-14-21(28(25)42-30-29(24)43-33(39)35-30)27-26(20)31(37)36(32(27)38)19-10-8-18(34)9-11-19/h2-13,20-21,24-28H,14-15H2,1H3,(H,35,39)/t20-,21-,24+,25+,26+,27+,28-/m1/s1. The number of hydrogen-bond acceptors (Lipinski definition) is 7. The van der Waals surface area contributed by atoms with Gasteiger partial charge < -0.3 is 14.5 Å². The Hall–Kier alpha value is -3.53. The van der Waals surface area contributed by atoms with Crippen LogP contribution >= 0.6 is 34.7 Å². The Morgan fingerprint density at radius 2 is 1.67 bits per heavy atom. The highest BCUT2D eigenvalue weighted by Gasteiger charge is 2.69. The molecule has 2 amide bonds. The second-order valence-corrected chi connectivity index (χ2v) is 14.3.